The molecule has 0 aliphatic heterocycles. The Hall–Kier alpha value is -3.25. The van der Waals surface area contributed by atoms with Crippen LogP contribution in [-0.4, -0.2) is 26.8 Å². The highest BCUT2D eigenvalue weighted by Gasteiger charge is 2.14. The van der Waals surface area contributed by atoms with Gasteiger partial charge < -0.3 is 0 Å². The molecule has 25 heavy (non-hydrogen) atoms. The highest BCUT2D eigenvalue weighted by Crippen LogP contribution is 2.24. The van der Waals surface area contributed by atoms with Crippen LogP contribution in [0.3, 0.4) is 0 Å². The zero-order chi connectivity index (χ0) is 17.1. The van der Waals surface area contributed by atoms with Crippen LogP contribution >= 0.6 is 0 Å². The SMILES string of the molecule is CN(OCc1ccccc1)c1ncnc2c1cnn2-c1ccccc1. The number of fused-ring (bicyclic) bond motifs is 1. The van der Waals surface area contributed by atoms with Crippen LogP contribution in [0.2, 0.25) is 0 Å². The van der Waals surface area contributed by atoms with E-state index in [9.17, 15) is 0 Å². The number of hydrogen-bond donors (Lipinski definition) is 0. The Balaban J connectivity index is 1.63. The highest BCUT2D eigenvalue weighted by atomic mass is 16.7. The van der Waals surface area contributed by atoms with Gasteiger partial charge in [-0.15, -0.1) is 0 Å². The Bertz CT molecular complexity index is 969. The van der Waals surface area contributed by atoms with E-state index in [2.05, 4.69) is 15.1 Å². The molecule has 0 atom stereocenters. The van der Waals surface area contributed by atoms with Crippen molar-refractivity contribution in [1.29, 1.82) is 0 Å². The van der Waals surface area contributed by atoms with Crippen LogP contribution in [0.25, 0.3) is 16.7 Å². The summed E-state index contributed by atoms with van der Waals surface area (Å²) in [6.45, 7) is 0.468. The van der Waals surface area contributed by atoms with Gasteiger partial charge >= 0.3 is 0 Å². The molecule has 0 fully saturated rings. The molecule has 0 bridgehead atoms. The van der Waals surface area contributed by atoms with Crippen molar-refractivity contribution < 1.29 is 4.84 Å². The molecule has 2 heterocycles. The van der Waals surface area contributed by atoms with Gasteiger partial charge in [0, 0.05) is 7.05 Å². The number of hydroxylamine groups is 1. The van der Waals surface area contributed by atoms with Gasteiger partial charge in [-0.25, -0.2) is 19.7 Å². The molecule has 0 aliphatic rings. The van der Waals surface area contributed by atoms with Crippen molar-refractivity contribution in [3.8, 4) is 5.69 Å². The number of para-hydroxylation sites is 1. The summed E-state index contributed by atoms with van der Waals surface area (Å²) < 4.78 is 1.80. The maximum atomic E-state index is 5.84. The third-order valence-corrected chi connectivity index (χ3v) is 3.91. The van der Waals surface area contributed by atoms with E-state index in [4.69, 9.17) is 4.84 Å². The lowest BCUT2D eigenvalue weighted by Crippen LogP contribution is -2.19. The van der Waals surface area contributed by atoms with Gasteiger partial charge in [0.25, 0.3) is 0 Å². The molecule has 0 N–H and O–H groups in total. The minimum atomic E-state index is 0.468. The van der Waals surface area contributed by atoms with Gasteiger partial charge in [0.15, 0.2) is 11.5 Å². The maximum Gasteiger partial charge on any atom is 0.168 e. The molecule has 0 aliphatic carbocycles. The second kappa shape index (κ2) is 6.70. The Morgan fingerprint density at radius 3 is 2.44 bits per heavy atom. The summed E-state index contributed by atoms with van der Waals surface area (Å²) in [5.41, 5.74) is 2.79. The molecule has 6 nitrogen and oxygen atoms in total. The third-order valence-electron chi connectivity index (χ3n) is 3.91. The molecule has 4 aromatic rings. The first-order chi connectivity index (χ1) is 12.3. The van der Waals surface area contributed by atoms with Gasteiger partial charge in [-0.05, 0) is 17.7 Å². The molecule has 0 spiro atoms. The Morgan fingerprint density at radius 2 is 1.68 bits per heavy atom. The van der Waals surface area contributed by atoms with Crippen LogP contribution in [0.1, 0.15) is 5.56 Å². The number of benzene rings is 2. The van der Waals surface area contributed by atoms with Crippen LogP contribution < -0.4 is 5.06 Å². The zero-order valence-electron chi connectivity index (χ0n) is 13.8. The normalized spacial score (nSPS) is 10.9. The monoisotopic (exact) mass is 331 g/mol. The topological polar surface area (TPSA) is 56.1 Å². The quantitative estimate of drug-likeness (QED) is 0.525. The summed E-state index contributed by atoms with van der Waals surface area (Å²) in [7, 11) is 1.84. The number of rotatable bonds is 5. The first kappa shape index (κ1) is 15.3. The minimum Gasteiger partial charge on any atom is -0.267 e. The van der Waals surface area contributed by atoms with Crippen LogP contribution in [0.5, 0.6) is 0 Å². The van der Waals surface area contributed by atoms with Gasteiger partial charge in [0.2, 0.25) is 0 Å². The van der Waals surface area contributed by atoms with Gasteiger partial charge in [-0.3, -0.25) is 4.84 Å². The molecular formula is C19H17N5O. The van der Waals surface area contributed by atoms with Gasteiger partial charge in [0.05, 0.1) is 23.9 Å². The number of nitrogens with zero attached hydrogens (tertiary/aromatic N) is 5. The van der Waals surface area contributed by atoms with E-state index in [1.54, 1.807) is 15.9 Å². The molecule has 0 unspecified atom stereocenters. The highest BCUT2D eigenvalue weighted by molar-refractivity contribution is 5.87. The summed E-state index contributed by atoms with van der Waals surface area (Å²) in [5, 5.41) is 6.95. The fourth-order valence-corrected chi connectivity index (χ4v) is 2.65. The molecule has 2 aromatic carbocycles. The molecule has 0 saturated carbocycles. The average Bonchev–Trinajstić information content (AvgIpc) is 3.12. The predicted molar refractivity (Wildman–Crippen MR) is 96.3 cm³/mol. The lowest BCUT2D eigenvalue weighted by atomic mass is 10.2. The Morgan fingerprint density at radius 1 is 0.960 bits per heavy atom. The van der Waals surface area contributed by atoms with E-state index >= 15 is 0 Å². The third kappa shape index (κ3) is 3.07. The Labute approximate surface area is 145 Å². The first-order valence-corrected chi connectivity index (χ1v) is 7.97. The standard InChI is InChI=1S/C19H17N5O/c1-23(25-13-15-8-4-2-5-9-15)18-17-12-22-24(19(17)21-14-20-18)16-10-6-3-7-11-16/h2-12,14H,13H2,1H3. The lowest BCUT2D eigenvalue weighted by Gasteiger charge is -2.18. The first-order valence-electron chi connectivity index (χ1n) is 7.97. The van der Waals surface area contributed by atoms with Crippen molar-refractivity contribution in [3.05, 3.63) is 78.8 Å². The minimum absolute atomic E-state index is 0.468. The van der Waals surface area contributed by atoms with Crippen LogP contribution in [-0.2, 0) is 11.4 Å². The van der Waals surface area contributed by atoms with Crippen molar-refractivity contribution in [3.63, 3.8) is 0 Å². The second-order valence-corrected chi connectivity index (χ2v) is 5.58. The smallest absolute Gasteiger partial charge is 0.168 e. The van der Waals surface area contributed by atoms with Crippen LogP contribution in [0.4, 0.5) is 5.82 Å². The summed E-state index contributed by atoms with van der Waals surface area (Å²) >= 11 is 0. The van der Waals surface area contributed by atoms with E-state index in [1.165, 1.54) is 6.33 Å². The lowest BCUT2D eigenvalue weighted by molar-refractivity contribution is 0.107. The number of aromatic nitrogens is 4. The van der Waals surface area contributed by atoms with Crippen molar-refractivity contribution >= 4 is 16.9 Å². The van der Waals surface area contributed by atoms with Gasteiger partial charge in [-0.2, -0.15) is 5.10 Å². The van der Waals surface area contributed by atoms with E-state index in [0.29, 0.717) is 12.4 Å². The fraction of sp³-hybridized carbons (Fsp3) is 0.105. The summed E-state index contributed by atoms with van der Waals surface area (Å²) in [5.74, 6) is 0.683. The fourth-order valence-electron chi connectivity index (χ4n) is 2.65. The van der Waals surface area contributed by atoms with Crippen LogP contribution in [0.15, 0.2) is 73.2 Å². The molecule has 0 radical (unpaired) electrons. The Kier molecular flexibility index (Phi) is 4.10. The van der Waals surface area contributed by atoms with Crippen molar-refractivity contribution in [1.82, 2.24) is 19.7 Å². The molecule has 0 saturated heterocycles. The molecule has 124 valence electrons. The van der Waals surface area contributed by atoms with E-state index in [0.717, 1.165) is 22.3 Å². The van der Waals surface area contributed by atoms with Crippen molar-refractivity contribution in [2.24, 2.45) is 0 Å². The maximum absolute atomic E-state index is 5.84. The summed E-state index contributed by atoms with van der Waals surface area (Å²) in [4.78, 5) is 14.6. The van der Waals surface area contributed by atoms with Crippen molar-refractivity contribution in [2.45, 2.75) is 6.61 Å². The molecular weight excluding hydrogens is 314 g/mol. The largest absolute Gasteiger partial charge is 0.267 e. The van der Waals surface area contributed by atoms with E-state index in [1.807, 2.05) is 67.7 Å². The van der Waals surface area contributed by atoms with Crippen LogP contribution in [0, 0.1) is 0 Å². The molecule has 2 aromatic heterocycles. The second-order valence-electron chi connectivity index (χ2n) is 5.58. The zero-order valence-corrected chi connectivity index (χ0v) is 13.8. The van der Waals surface area contributed by atoms with E-state index < -0.39 is 0 Å². The summed E-state index contributed by atoms with van der Waals surface area (Å²) in [6, 6.07) is 19.9. The average molecular weight is 331 g/mol. The molecule has 0 amide bonds. The predicted octanol–water partition coefficient (Wildman–Crippen LogP) is 3.38. The van der Waals surface area contributed by atoms with Gasteiger partial charge in [0.1, 0.15) is 6.33 Å². The number of anilines is 1. The van der Waals surface area contributed by atoms with E-state index in [-0.39, 0.29) is 0 Å². The summed E-state index contributed by atoms with van der Waals surface area (Å²) in [6.07, 6.45) is 3.29. The number of hydrogen-bond acceptors (Lipinski definition) is 5. The van der Waals surface area contributed by atoms with Crippen molar-refractivity contribution in [2.75, 3.05) is 12.1 Å². The van der Waals surface area contributed by atoms with Gasteiger partial charge in [-0.1, -0.05) is 48.5 Å². The molecule has 6 heteroatoms. The molecule has 4 rings (SSSR count).